The zero-order valence-corrected chi connectivity index (χ0v) is 13.9. The summed E-state index contributed by atoms with van der Waals surface area (Å²) in [4.78, 5) is 4.57. The molecule has 1 aliphatic heterocycles. The summed E-state index contributed by atoms with van der Waals surface area (Å²) in [5, 5.41) is 4.11. The molecule has 3 rings (SSSR count). The van der Waals surface area contributed by atoms with Crippen molar-refractivity contribution in [1.82, 2.24) is 9.80 Å². The molecule has 4 heteroatoms. The SMILES string of the molecule is S=C(Nc1ccccc1)N1CCN(C=Cc2ccccc2)CC1. The van der Waals surface area contributed by atoms with Crippen LogP contribution in [0.2, 0.25) is 0 Å². The zero-order valence-electron chi connectivity index (χ0n) is 13.1. The molecule has 0 aliphatic carbocycles. The highest BCUT2D eigenvalue weighted by molar-refractivity contribution is 7.80. The van der Waals surface area contributed by atoms with Crippen LogP contribution in [-0.2, 0) is 0 Å². The standard InChI is InChI=1S/C19H21N3S/c23-19(20-18-9-5-2-6-10-18)22-15-13-21(14-16-22)12-11-17-7-3-1-4-8-17/h1-12H,13-16H2,(H,20,23). The van der Waals surface area contributed by atoms with E-state index in [4.69, 9.17) is 12.2 Å². The van der Waals surface area contributed by atoms with Crippen LogP contribution in [0.1, 0.15) is 5.56 Å². The Balaban J connectivity index is 1.48. The lowest BCUT2D eigenvalue weighted by Crippen LogP contribution is -2.48. The van der Waals surface area contributed by atoms with E-state index in [9.17, 15) is 0 Å². The van der Waals surface area contributed by atoms with Crippen LogP contribution in [0.4, 0.5) is 5.69 Å². The van der Waals surface area contributed by atoms with Crippen LogP contribution in [0.3, 0.4) is 0 Å². The summed E-state index contributed by atoms with van der Waals surface area (Å²) < 4.78 is 0. The number of benzene rings is 2. The lowest BCUT2D eigenvalue weighted by molar-refractivity contribution is 0.241. The molecule has 0 amide bonds. The monoisotopic (exact) mass is 323 g/mol. The second-order valence-electron chi connectivity index (χ2n) is 5.55. The van der Waals surface area contributed by atoms with Crippen molar-refractivity contribution in [2.45, 2.75) is 0 Å². The Labute approximate surface area is 143 Å². The van der Waals surface area contributed by atoms with Crippen molar-refractivity contribution < 1.29 is 0 Å². The van der Waals surface area contributed by atoms with E-state index >= 15 is 0 Å². The zero-order chi connectivity index (χ0) is 15.9. The van der Waals surface area contributed by atoms with Crippen molar-refractivity contribution in [2.75, 3.05) is 31.5 Å². The van der Waals surface area contributed by atoms with Gasteiger partial charge in [-0.25, -0.2) is 0 Å². The molecule has 2 aromatic carbocycles. The van der Waals surface area contributed by atoms with E-state index in [0.717, 1.165) is 37.0 Å². The molecule has 0 saturated carbocycles. The summed E-state index contributed by atoms with van der Waals surface area (Å²) in [5.74, 6) is 0. The molecule has 0 unspecified atom stereocenters. The molecular formula is C19H21N3S. The fourth-order valence-corrected chi connectivity index (χ4v) is 2.85. The van der Waals surface area contributed by atoms with Crippen LogP contribution >= 0.6 is 12.2 Å². The molecule has 23 heavy (non-hydrogen) atoms. The van der Waals surface area contributed by atoms with E-state index in [1.165, 1.54) is 5.56 Å². The predicted octanol–water partition coefficient (Wildman–Crippen LogP) is 3.67. The highest BCUT2D eigenvalue weighted by atomic mass is 32.1. The number of thiocarbonyl (C=S) groups is 1. The van der Waals surface area contributed by atoms with Crippen molar-refractivity contribution in [1.29, 1.82) is 0 Å². The first-order chi connectivity index (χ1) is 11.3. The Hall–Kier alpha value is -2.33. The molecule has 1 fully saturated rings. The molecule has 0 aromatic heterocycles. The molecule has 1 saturated heterocycles. The molecule has 0 radical (unpaired) electrons. The maximum Gasteiger partial charge on any atom is 0.173 e. The fourth-order valence-electron chi connectivity index (χ4n) is 2.55. The van der Waals surface area contributed by atoms with Crippen LogP contribution in [-0.4, -0.2) is 41.1 Å². The van der Waals surface area contributed by atoms with Gasteiger partial charge in [-0.2, -0.15) is 0 Å². The first-order valence-corrected chi connectivity index (χ1v) is 8.30. The summed E-state index contributed by atoms with van der Waals surface area (Å²) in [6.07, 6.45) is 4.34. The summed E-state index contributed by atoms with van der Waals surface area (Å²) in [5.41, 5.74) is 2.28. The minimum Gasteiger partial charge on any atom is -0.374 e. The van der Waals surface area contributed by atoms with Crippen molar-refractivity contribution in [2.24, 2.45) is 0 Å². The number of hydrogen-bond donors (Lipinski definition) is 1. The third-order valence-corrected chi connectivity index (χ3v) is 4.26. The van der Waals surface area contributed by atoms with E-state index in [0.29, 0.717) is 0 Å². The van der Waals surface area contributed by atoms with Gasteiger partial charge in [0.2, 0.25) is 0 Å². The molecule has 1 aliphatic rings. The van der Waals surface area contributed by atoms with Gasteiger partial charge in [0, 0.05) is 31.9 Å². The smallest absolute Gasteiger partial charge is 0.173 e. The lowest BCUT2D eigenvalue weighted by Gasteiger charge is -2.35. The van der Waals surface area contributed by atoms with E-state index in [2.05, 4.69) is 51.7 Å². The highest BCUT2D eigenvalue weighted by Gasteiger charge is 2.16. The van der Waals surface area contributed by atoms with E-state index in [1.807, 2.05) is 36.4 Å². The summed E-state index contributed by atoms with van der Waals surface area (Å²) in [6.45, 7) is 3.86. The van der Waals surface area contributed by atoms with Crippen LogP contribution < -0.4 is 5.32 Å². The minimum absolute atomic E-state index is 0.808. The van der Waals surface area contributed by atoms with Crippen molar-refractivity contribution >= 4 is 29.1 Å². The first-order valence-electron chi connectivity index (χ1n) is 7.89. The van der Waals surface area contributed by atoms with Crippen LogP contribution in [0.25, 0.3) is 6.08 Å². The van der Waals surface area contributed by atoms with Gasteiger partial charge in [0.25, 0.3) is 0 Å². The van der Waals surface area contributed by atoms with Gasteiger partial charge in [-0.05, 0) is 42.2 Å². The number of hydrogen-bond acceptors (Lipinski definition) is 2. The second-order valence-corrected chi connectivity index (χ2v) is 5.93. The molecular weight excluding hydrogens is 302 g/mol. The predicted molar refractivity (Wildman–Crippen MR) is 101 cm³/mol. The van der Waals surface area contributed by atoms with E-state index in [1.54, 1.807) is 0 Å². The van der Waals surface area contributed by atoms with Gasteiger partial charge in [0.05, 0.1) is 0 Å². The van der Waals surface area contributed by atoms with Gasteiger partial charge in [0.1, 0.15) is 0 Å². The largest absolute Gasteiger partial charge is 0.374 e. The molecule has 1 heterocycles. The van der Waals surface area contributed by atoms with Crippen molar-refractivity contribution in [3.8, 4) is 0 Å². The fraction of sp³-hybridized carbons (Fsp3) is 0.211. The lowest BCUT2D eigenvalue weighted by atomic mass is 10.2. The molecule has 118 valence electrons. The van der Waals surface area contributed by atoms with Crippen molar-refractivity contribution in [3.63, 3.8) is 0 Å². The Kier molecular flexibility index (Phi) is 5.27. The minimum atomic E-state index is 0.808. The van der Waals surface area contributed by atoms with Gasteiger partial charge in [-0.3, -0.25) is 0 Å². The molecule has 0 atom stereocenters. The topological polar surface area (TPSA) is 18.5 Å². The number of para-hydroxylation sites is 1. The molecule has 0 bridgehead atoms. The van der Waals surface area contributed by atoms with Gasteiger partial charge in [-0.1, -0.05) is 48.5 Å². The molecule has 2 aromatic rings. The number of rotatable bonds is 3. The normalized spacial score (nSPS) is 15.0. The van der Waals surface area contributed by atoms with Crippen LogP contribution in [0.15, 0.2) is 66.9 Å². The average Bonchev–Trinajstić information content (AvgIpc) is 2.62. The van der Waals surface area contributed by atoms with Gasteiger partial charge in [-0.15, -0.1) is 0 Å². The summed E-state index contributed by atoms with van der Waals surface area (Å²) in [7, 11) is 0. The maximum absolute atomic E-state index is 5.51. The molecule has 0 spiro atoms. The number of piperazine rings is 1. The number of nitrogens with one attached hydrogen (secondary N) is 1. The third kappa shape index (κ3) is 4.57. The number of nitrogens with zero attached hydrogens (tertiary/aromatic N) is 2. The Morgan fingerprint density at radius 3 is 2.13 bits per heavy atom. The Morgan fingerprint density at radius 2 is 1.48 bits per heavy atom. The van der Waals surface area contributed by atoms with Gasteiger partial charge < -0.3 is 15.1 Å². The number of anilines is 1. The Bertz CT molecular complexity index is 647. The van der Waals surface area contributed by atoms with Crippen molar-refractivity contribution in [3.05, 3.63) is 72.4 Å². The van der Waals surface area contributed by atoms with E-state index < -0.39 is 0 Å². The van der Waals surface area contributed by atoms with Gasteiger partial charge in [0.15, 0.2) is 5.11 Å². The second kappa shape index (κ2) is 7.79. The first kappa shape index (κ1) is 15.6. The molecule has 3 nitrogen and oxygen atoms in total. The third-order valence-electron chi connectivity index (χ3n) is 3.90. The van der Waals surface area contributed by atoms with Gasteiger partial charge >= 0.3 is 0 Å². The van der Waals surface area contributed by atoms with Crippen LogP contribution in [0, 0.1) is 0 Å². The van der Waals surface area contributed by atoms with E-state index in [-0.39, 0.29) is 0 Å². The molecule has 1 N–H and O–H groups in total. The maximum atomic E-state index is 5.51. The van der Waals surface area contributed by atoms with Crippen LogP contribution in [0.5, 0.6) is 0 Å². The Morgan fingerprint density at radius 1 is 0.870 bits per heavy atom. The quantitative estimate of drug-likeness (QED) is 0.868. The summed E-state index contributed by atoms with van der Waals surface area (Å²) >= 11 is 5.51. The average molecular weight is 323 g/mol. The highest BCUT2D eigenvalue weighted by Crippen LogP contribution is 2.10. The summed E-state index contributed by atoms with van der Waals surface area (Å²) in [6, 6.07) is 20.5.